The Bertz CT molecular complexity index is 352. The number of nitrogens with one attached hydrogen (secondary N) is 1. The van der Waals surface area contributed by atoms with Crippen LogP contribution in [-0.2, 0) is 0 Å². The number of terminal acetylenes is 1. The predicted molar refractivity (Wildman–Crippen MR) is 64.6 cm³/mol. The van der Waals surface area contributed by atoms with Crippen LogP contribution in [0.25, 0.3) is 0 Å². The summed E-state index contributed by atoms with van der Waals surface area (Å²) in [6, 6.07) is 1.91. The molecule has 0 amide bonds. The van der Waals surface area contributed by atoms with E-state index in [0.29, 0.717) is 5.69 Å². The first-order valence-electron chi connectivity index (χ1n) is 5.13. The number of aryl methyl sites for hydroxylation is 1. The molecule has 0 aliphatic rings. The van der Waals surface area contributed by atoms with Gasteiger partial charge in [-0.2, -0.15) is 0 Å². The lowest BCUT2D eigenvalue weighted by Gasteiger charge is -2.07. The quantitative estimate of drug-likeness (QED) is 0.569. The third-order valence-electron chi connectivity index (χ3n) is 2.09. The van der Waals surface area contributed by atoms with E-state index in [-0.39, 0.29) is 0 Å². The molecule has 3 nitrogen and oxygen atoms in total. The molecule has 0 radical (unpaired) electrons. The first kappa shape index (κ1) is 11.4. The molecular formula is C12H17N3. The fraction of sp³-hybridized carbons (Fsp3) is 0.417. The molecule has 0 saturated carbocycles. The molecule has 1 heterocycles. The van der Waals surface area contributed by atoms with Gasteiger partial charge in [-0.15, -0.1) is 12.3 Å². The second-order valence-corrected chi connectivity index (χ2v) is 3.54. The molecule has 1 rings (SSSR count). The standard InChI is InChI=1S/C12H17N3/c1-3-4-5-6-7-14-12-11(13)8-10(2)9-15-12/h1,8-9H,4-7,13H2,2H3,(H,14,15). The monoisotopic (exact) mass is 203 g/mol. The average molecular weight is 203 g/mol. The topological polar surface area (TPSA) is 50.9 Å². The van der Waals surface area contributed by atoms with Gasteiger partial charge in [-0.3, -0.25) is 0 Å². The molecule has 0 fully saturated rings. The molecule has 3 N–H and O–H groups in total. The van der Waals surface area contributed by atoms with Crippen molar-refractivity contribution in [1.29, 1.82) is 0 Å². The lowest BCUT2D eigenvalue weighted by Crippen LogP contribution is -2.06. The molecule has 15 heavy (non-hydrogen) atoms. The number of hydrogen-bond acceptors (Lipinski definition) is 3. The second-order valence-electron chi connectivity index (χ2n) is 3.54. The summed E-state index contributed by atoms with van der Waals surface area (Å²) in [7, 11) is 0. The Morgan fingerprint density at radius 2 is 2.33 bits per heavy atom. The van der Waals surface area contributed by atoms with E-state index in [4.69, 9.17) is 12.2 Å². The molecule has 1 aromatic rings. The molecule has 80 valence electrons. The van der Waals surface area contributed by atoms with Gasteiger partial charge in [0.2, 0.25) is 0 Å². The lowest BCUT2D eigenvalue weighted by molar-refractivity contribution is 0.787. The third kappa shape index (κ3) is 3.90. The van der Waals surface area contributed by atoms with Crippen LogP contribution >= 0.6 is 0 Å². The van der Waals surface area contributed by atoms with Crippen molar-refractivity contribution < 1.29 is 0 Å². The summed E-state index contributed by atoms with van der Waals surface area (Å²) < 4.78 is 0. The minimum Gasteiger partial charge on any atom is -0.396 e. The molecule has 0 spiro atoms. The van der Waals surface area contributed by atoms with Gasteiger partial charge in [-0.05, 0) is 31.4 Å². The van der Waals surface area contributed by atoms with E-state index in [0.717, 1.165) is 37.2 Å². The summed E-state index contributed by atoms with van der Waals surface area (Å²) in [5.74, 6) is 3.38. The molecular weight excluding hydrogens is 186 g/mol. The van der Waals surface area contributed by atoms with Gasteiger partial charge in [0.05, 0.1) is 5.69 Å². The van der Waals surface area contributed by atoms with E-state index in [2.05, 4.69) is 16.2 Å². The van der Waals surface area contributed by atoms with Crippen molar-refractivity contribution in [3.63, 3.8) is 0 Å². The van der Waals surface area contributed by atoms with Gasteiger partial charge >= 0.3 is 0 Å². The van der Waals surface area contributed by atoms with Crippen molar-refractivity contribution in [2.75, 3.05) is 17.6 Å². The Morgan fingerprint density at radius 3 is 3.00 bits per heavy atom. The van der Waals surface area contributed by atoms with E-state index < -0.39 is 0 Å². The van der Waals surface area contributed by atoms with Gasteiger partial charge in [-0.1, -0.05) is 0 Å². The minimum absolute atomic E-state index is 0.701. The highest BCUT2D eigenvalue weighted by atomic mass is 15.0. The zero-order valence-corrected chi connectivity index (χ0v) is 9.09. The Hall–Kier alpha value is -1.69. The van der Waals surface area contributed by atoms with Crippen LogP contribution in [0, 0.1) is 19.3 Å². The van der Waals surface area contributed by atoms with Crippen LogP contribution in [0.2, 0.25) is 0 Å². The number of aromatic nitrogens is 1. The maximum absolute atomic E-state index is 5.80. The molecule has 0 saturated heterocycles. The Kier molecular flexibility index (Phi) is 4.49. The molecule has 0 atom stereocenters. The highest BCUT2D eigenvalue weighted by Crippen LogP contribution is 2.15. The van der Waals surface area contributed by atoms with Crippen LogP contribution in [0.3, 0.4) is 0 Å². The predicted octanol–water partition coefficient (Wildman–Crippen LogP) is 2.19. The lowest BCUT2D eigenvalue weighted by atomic mass is 10.2. The zero-order chi connectivity index (χ0) is 11.1. The average Bonchev–Trinajstić information content (AvgIpc) is 2.20. The summed E-state index contributed by atoms with van der Waals surface area (Å²) >= 11 is 0. The molecule has 1 aromatic heterocycles. The van der Waals surface area contributed by atoms with Gasteiger partial charge in [0.15, 0.2) is 0 Å². The summed E-state index contributed by atoms with van der Waals surface area (Å²) in [6.07, 6.45) is 9.88. The summed E-state index contributed by atoms with van der Waals surface area (Å²) in [6.45, 7) is 2.84. The Labute approximate surface area is 91.1 Å². The van der Waals surface area contributed by atoms with Crippen LogP contribution in [0.15, 0.2) is 12.3 Å². The molecule has 0 bridgehead atoms. The van der Waals surface area contributed by atoms with Crippen LogP contribution in [0.5, 0.6) is 0 Å². The van der Waals surface area contributed by atoms with Crippen molar-refractivity contribution in [3.05, 3.63) is 17.8 Å². The van der Waals surface area contributed by atoms with E-state index >= 15 is 0 Å². The van der Waals surface area contributed by atoms with Crippen LogP contribution in [0.1, 0.15) is 24.8 Å². The van der Waals surface area contributed by atoms with Crippen LogP contribution in [-0.4, -0.2) is 11.5 Å². The fourth-order valence-electron chi connectivity index (χ4n) is 1.30. The number of unbranched alkanes of at least 4 members (excludes halogenated alkanes) is 2. The number of anilines is 2. The second kappa shape index (κ2) is 5.92. The summed E-state index contributed by atoms with van der Waals surface area (Å²) in [5.41, 5.74) is 7.58. The number of pyridine rings is 1. The van der Waals surface area contributed by atoms with Crippen molar-refractivity contribution in [2.45, 2.75) is 26.2 Å². The molecule has 0 aliphatic carbocycles. The molecule has 3 heteroatoms. The van der Waals surface area contributed by atoms with Crippen LogP contribution in [0.4, 0.5) is 11.5 Å². The number of hydrogen-bond donors (Lipinski definition) is 2. The van der Waals surface area contributed by atoms with E-state index in [9.17, 15) is 0 Å². The van der Waals surface area contributed by atoms with Crippen molar-refractivity contribution >= 4 is 11.5 Å². The van der Waals surface area contributed by atoms with Crippen molar-refractivity contribution in [3.8, 4) is 12.3 Å². The van der Waals surface area contributed by atoms with Gasteiger partial charge in [-0.25, -0.2) is 4.98 Å². The smallest absolute Gasteiger partial charge is 0.149 e. The van der Waals surface area contributed by atoms with Gasteiger partial charge in [0.1, 0.15) is 5.82 Å². The first-order chi connectivity index (χ1) is 7.24. The third-order valence-corrected chi connectivity index (χ3v) is 2.09. The number of rotatable bonds is 5. The number of nitrogens with zero attached hydrogens (tertiary/aromatic N) is 1. The first-order valence-corrected chi connectivity index (χ1v) is 5.13. The fourth-order valence-corrected chi connectivity index (χ4v) is 1.30. The van der Waals surface area contributed by atoms with Crippen molar-refractivity contribution in [2.24, 2.45) is 0 Å². The molecule has 0 aliphatic heterocycles. The Balaban J connectivity index is 2.35. The normalized spacial score (nSPS) is 9.60. The maximum Gasteiger partial charge on any atom is 0.149 e. The number of nitrogen functional groups attached to an aromatic ring is 1. The van der Waals surface area contributed by atoms with E-state index in [1.54, 1.807) is 6.20 Å². The van der Waals surface area contributed by atoms with Crippen molar-refractivity contribution in [1.82, 2.24) is 4.98 Å². The summed E-state index contributed by atoms with van der Waals surface area (Å²) in [5, 5.41) is 3.19. The Morgan fingerprint density at radius 1 is 1.53 bits per heavy atom. The summed E-state index contributed by atoms with van der Waals surface area (Å²) in [4.78, 5) is 4.22. The highest BCUT2D eigenvalue weighted by molar-refractivity contribution is 5.61. The zero-order valence-electron chi connectivity index (χ0n) is 9.09. The molecule has 0 aromatic carbocycles. The van der Waals surface area contributed by atoms with Gasteiger partial charge < -0.3 is 11.1 Å². The van der Waals surface area contributed by atoms with E-state index in [1.807, 2.05) is 13.0 Å². The highest BCUT2D eigenvalue weighted by Gasteiger charge is 1.99. The number of nitrogens with two attached hydrogens (primary N) is 1. The van der Waals surface area contributed by atoms with Crippen LogP contribution < -0.4 is 11.1 Å². The molecule has 0 unspecified atom stereocenters. The maximum atomic E-state index is 5.80. The van der Waals surface area contributed by atoms with Gasteiger partial charge in [0, 0.05) is 19.2 Å². The minimum atomic E-state index is 0.701. The van der Waals surface area contributed by atoms with E-state index in [1.165, 1.54) is 0 Å². The van der Waals surface area contributed by atoms with Gasteiger partial charge in [0.25, 0.3) is 0 Å². The SMILES string of the molecule is C#CCCCCNc1ncc(C)cc1N. The largest absolute Gasteiger partial charge is 0.396 e.